The fourth-order valence-electron chi connectivity index (χ4n) is 2.84. The summed E-state index contributed by atoms with van der Waals surface area (Å²) in [5, 5.41) is 2.81. The smallest absolute Gasteiger partial charge is 0.308 e. The second-order valence-electron chi connectivity index (χ2n) is 6.82. The van der Waals surface area contributed by atoms with Crippen LogP contribution in [0, 0.1) is 0 Å². The normalized spacial score (nSPS) is 10.1. The monoisotopic (exact) mass is 443 g/mol. The number of carbonyl (C=O) groups excluding carboxylic acids is 4. The highest BCUT2D eigenvalue weighted by molar-refractivity contribution is 5.79. The van der Waals surface area contributed by atoms with Gasteiger partial charge in [-0.3, -0.25) is 19.2 Å². The molecule has 0 aromatic heterocycles. The highest BCUT2D eigenvalue weighted by Crippen LogP contribution is 2.29. The zero-order valence-corrected chi connectivity index (χ0v) is 18.4. The highest BCUT2D eigenvalue weighted by Gasteiger charge is 2.13. The van der Waals surface area contributed by atoms with Crippen LogP contribution in [-0.2, 0) is 32.0 Å². The van der Waals surface area contributed by atoms with Crippen LogP contribution in [0.2, 0.25) is 0 Å². The van der Waals surface area contributed by atoms with Gasteiger partial charge in [-0.1, -0.05) is 12.1 Å². The van der Waals surface area contributed by atoms with Gasteiger partial charge in [-0.15, -0.1) is 0 Å². The van der Waals surface area contributed by atoms with Crippen LogP contribution in [0.1, 0.15) is 31.9 Å². The van der Waals surface area contributed by atoms with Gasteiger partial charge in [0.05, 0.1) is 13.5 Å². The molecule has 1 N–H and O–H groups in total. The molecule has 0 unspecified atom stereocenters. The first-order valence-electron chi connectivity index (χ1n) is 9.79. The van der Waals surface area contributed by atoms with Gasteiger partial charge in [0.25, 0.3) is 0 Å². The van der Waals surface area contributed by atoms with Crippen LogP contribution in [0.25, 0.3) is 0 Å². The minimum atomic E-state index is -0.543. The number of esters is 3. The summed E-state index contributed by atoms with van der Waals surface area (Å²) in [6, 6.07) is 9.73. The predicted octanol–water partition coefficient (Wildman–Crippen LogP) is 2.37. The van der Waals surface area contributed by atoms with Gasteiger partial charge in [0.2, 0.25) is 5.91 Å². The molecule has 0 saturated heterocycles. The minimum Gasteiger partial charge on any atom is -0.493 e. The molecule has 0 fully saturated rings. The Kier molecular flexibility index (Phi) is 8.76. The molecular formula is C23H25NO8. The number of nitrogens with one attached hydrogen (secondary N) is 1. The number of methoxy groups -OCH3 is 1. The number of hydrogen-bond acceptors (Lipinski definition) is 8. The Labute approximate surface area is 185 Å². The number of carbonyl (C=O) groups is 4. The van der Waals surface area contributed by atoms with Gasteiger partial charge < -0.3 is 24.3 Å². The quantitative estimate of drug-likeness (QED) is 0.464. The summed E-state index contributed by atoms with van der Waals surface area (Å²) in [7, 11) is 1.45. The number of hydrogen-bond donors (Lipinski definition) is 1. The lowest BCUT2D eigenvalue weighted by Gasteiger charge is -2.12. The summed E-state index contributed by atoms with van der Waals surface area (Å²) in [6.07, 6.45) is 0.579. The fraction of sp³-hybridized carbons (Fsp3) is 0.304. The van der Waals surface area contributed by atoms with Crippen molar-refractivity contribution in [2.24, 2.45) is 0 Å². The van der Waals surface area contributed by atoms with E-state index in [-0.39, 0.29) is 29.6 Å². The molecule has 0 radical (unpaired) electrons. The van der Waals surface area contributed by atoms with Crippen molar-refractivity contribution in [3.05, 3.63) is 47.5 Å². The average Bonchev–Trinajstić information content (AvgIpc) is 2.70. The number of rotatable bonds is 9. The first kappa shape index (κ1) is 24.4. The lowest BCUT2D eigenvalue weighted by Crippen LogP contribution is -2.27. The van der Waals surface area contributed by atoms with Crippen molar-refractivity contribution in [1.82, 2.24) is 5.32 Å². The van der Waals surface area contributed by atoms with Crippen LogP contribution in [-0.4, -0.2) is 37.5 Å². The van der Waals surface area contributed by atoms with Crippen LogP contribution in [0.5, 0.6) is 23.0 Å². The molecule has 9 heteroatoms. The van der Waals surface area contributed by atoms with Gasteiger partial charge in [-0.05, 0) is 41.8 Å². The summed E-state index contributed by atoms with van der Waals surface area (Å²) in [5.74, 6) is -0.824. The molecule has 0 bridgehead atoms. The second kappa shape index (κ2) is 11.5. The van der Waals surface area contributed by atoms with E-state index in [1.165, 1.54) is 33.9 Å². The number of amides is 1. The minimum absolute atomic E-state index is 0.112. The second-order valence-corrected chi connectivity index (χ2v) is 6.82. The van der Waals surface area contributed by atoms with Crippen molar-refractivity contribution in [1.29, 1.82) is 0 Å². The zero-order chi connectivity index (χ0) is 23.7. The Bertz CT molecular complexity index is 1020. The summed E-state index contributed by atoms with van der Waals surface area (Å²) in [4.78, 5) is 45.9. The van der Waals surface area contributed by atoms with Gasteiger partial charge in [-0.25, -0.2) is 0 Å². The molecule has 0 aliphatic rings. The maximum atomic E-state index is 12.3. The Hall–Kier alpha value is -3.88. The molecule has 0 heterocycles. The third-order valence-electron chi connectivity index (χ3n) is 4.10. The molecule has 0 aliphatic heterocycles. The number of benzene rings is 2. The van der Waals surface area contributed by atoms with Crippen molar-refractivity contribution >= 4 is 23.8 Å². The molecule has 0 spiro atoms. The van der Waals surface area contributed by atoms with E-state index < -0.39 is 17.9 Å². The van der Waals surface area contributed by atoms with E-state index in [2.05, 4.69) is 5.32 Å². The van der Waals surface area contributed by atoms with E-state index in [0.29, 0.717) is 24.3 Å². The topological polar surface area (TPSA) is 117 Å². The molecule has 0 atom stereocenters. The van der Waals surface area contributed by atoms with E-state index in [0.717, 1.165) is 5.56 Å². The molecule has 2 aromatic rings. The largest absolute Gasteiger partial charge is 0.493 e. The fourth-order valence-corrected chi connectivity index (χ4v) is 2.84. The van der Waals surface area contributed by atoms with Crippen molar-refractivity contribution in [2.75, 3.05) is 13.7 Å². The Morgan fingerprint density at radius 3 is 1.78 bits per heavy atom. The van der Waals surface area contributed by atoms with Gasteiger partial charge in [0, 0.05) is 27.3 Å². The van der Waals surface area contributed by atoms with Crippen LogP contribution < -0.4 is 24.3 Å². The summed E-state index contributed by atoms with van der Waals surface area (Å²) < 4.78 is 20.4. The number of ether oxygens (including phenoxy) is 4. The van der Waals surface area contributed by atoms with Crippen LogP contribution in [0.4, 0.5) is 0 Å². The Balaban J connectivity index is 1.95. The highest BCUT2D eigenvalue weighted by atomic mass is 16.6. The zero-order valence-electron chi connectivity index (χ0n) is 18.4. The van der Waals surface area contributed by atoms with Crippen molar-refractivity contribution < 1.29 is 38.1 Å². The van der Waals surface area contributed by atoms with Crippen LogP contribution >= 0.6 is 0 Å². The lowest BCUT2D eigenvalue weighted by molar-refractivity contribution is -0.134. The van der Waals surface area contributed by atoms with Gasteiger partial charge in [0.1, 0.15) is 0 Å². The van der Waals surface area contributed by atoms with E-state index >= 15 is 0 Å². The predicted molar refractivity (Wildman–Crippen MR) is 114 cm³/mol. The van der Waals surface area contributed by atoms with E-state index in [1.54, 1.807) is 30.3 Å². The van der Waals surface area contributed by atoms with Crippen LogP contribution in [0.3, 0.4) is 0 Å². The maximum absolute atomic E-state index is 12.3. The molecule has 2 rings (SSSR count). The van der Waals surface area contributed by atoms with Gasteiger partial charge in [0.15, 0.2) is 23.0 Å². The van der Waals surface area contributed by atoms with Crippen molar-refractivity contribution in [2.45, 2.75) is 33.6 Å². The van der Waals surface area contributed by atoms with Crippen molar-refractivity contribution in [3.63, 3.8) is 0 Å². The molecule has 0 aliphatic carbocycles. The van der Waals surface area contributed by atoms with E-state index in [1.807, 2.05) is 0 Å². The van der Waals surface area contributed by atoms with E-state index in [4.69, 9.17) is 18.9 Å². The first-order valence-corrected chi connectivity index (χ1v) is 9.79. The molecule has 32 heavy (non-hydrogen) atoms. The third kappa shape index (κ3) is 7.75. The van der Waals surface area contributed by atoms with Gasteiger partial charge >= 0.3 is 17.9 Å². The molecular weight excluding hydrogens is 418 g/mol. The van der Waals surface area contributed by atoms with Crippen LogP contribution in [0.15, 0.2) is 36.4 Å². The SMILES string of the molecule is COc1cc(CC(=O)NCCc2ccc(OC(C)=O)c(OC(C)=O)c2)ccc1OC(C)=O. The van der Waals surface area contributed by atoms with Crippen molar-refractivity contribution in [3.8, 4) is 23.0 Å². The standard InChI is InChI=1S/C23H25NO8/c1-14(25)30-19-8-6-18(12-21(19)29-4)13-23(28)24-10-9-17-5-7-20(31-15(2)26)22(11-17)32-16(3)27/h5-8,11-12H,9-10,13H2,1-4H3,(H,24,28). The Morgan fingerprint density at radius 1 is 0.719 bits per heavy atom. The Morgan fingerprint density at radius 2 is 1.22 bits per heavy atom. The average molecular weight is 443 g/mol. The molecule has 1 amide bonds. The lowest BCUT2D eigenvalue weighted by atomic mass is 10.1. The summed E-state index contributed by atoms with van der Waals surface area (Å²) in [5.41, 5.74) is 1.47. The van der Waals surface area contributed by atoms with E-state index in [9.17, 15) is 19.2 Å². The summed E-state index contributed by atoms with van der Waals surface area (Å²) >= 11 is 0. The molecule has 0 saturated carbocycles. The van der Waals surface area contributed by atoms with Gasteiger partial charge in [-0.2, -0.15) is 0 Å². The molecule has 9 nitrogen and oxygen atoms in total. The molecule has 170 valence electrons. The third-order valence-corrected chi connectivity index (χ3v) is 4.10. The first-order chi connectivity index (χ1) is 15.2. The maximum Gasteiger partial charge on any atom is 0.308 e. The summed E-state index contributed by atoms with van der Waals surface area (Å²) in [6.45, 7) is 4.13. The molecule has 2 aromatic carbocycles.